The molecule has 3 N–H and O–H groups in total. The lowest BCUT2D eigenvalue weighted by molar-refractivity contribution is -0.277. The van der Waals surface area contributed by atoms with E-state index in [0.717, 1.165) is 19.9 Å². The first kappa shape index (κ1) is 26.1. The molecule has 3 heterocycles. The zero-order chi connectivity index (χ0) is 28.3. The Hall–Kier alpha value is -4.56. The minimum atomic E-state index is -1.60. The molecule has 2 aromatic carbocycles. The average molecular weight is 546 g/mol. The lowest BCUT2D eigenvalue weighted by atomic mass is 9.99. The van der Waals surface area contributed by atoms with Gasteiger partial charge >= 0.3 is 23.2 Å². The molecule has 0 saturated carbocycles. The minimum Gasteiger partial charge on any atom is -0.504 e. The number of aromatic hydroxyl groups is 2. The Morgan fingerprint density at radius 2 is 1.46 bits per heavy atom. The number of hydrogen-bond donors (Lipinski definition) is 3. The molecule has 0 spiro atoms. The Labute approximate surface area is 217 Å². The maximum Gasteiger partial charge on any atom is 0.344 e. The molecule has 1 aliphatic rings. The van der Waals surface area contributed by atoms with E-state index in [9.17, 15) is 34.5 Å². The van der Waals surface area contributed by atoms with E-state index in [1.807, 2.05) is 0 Å². The minimum absolute atomic E-state index is 0.0123. The van der Waals surface area contributed by atoms with E-state index in [1.54, 1.807) is 0 Å². The summed E-state index contributed by atoms with van der Waals surface area (Å²) < 4.78 is 37.7. The first-order valence-corrected chi connectivity index (χ1v) is 11.6. The number of esters is 2. The van der Waals surface area contributed by atoms with Crippen LogP contribution in [0.1, 0.15) is 20.8 Å². The van der Waals surface area contributed by atoms with Crippen LogP contribution < -0.4 is 20.7 Å². The van der Waals surface area contributed by atoms with E-state index >= 15 is 0 Å². The number of phenolic OH excluding ortho intramolecular Hbond substituents is 2. The number of aliphatic hydroxyl groups is 1. The van der Waals surface area contributed by atoms with E-state index in [2.05, 4.69) is 0 Å². The van der Waals surface area contributed by atoms with Crippen molar-refractivity contribution < 1.29 is 57.4 Å². The molecular weight excluding hydrogens is 524 g/mol. The van der Waals surface area contributed by atoms with Gasteiger partial charge in [-0.3, -0.25) is 9.59 Å². The van der Waals surface area contributed by atoms with Gasteiger partial charge in [-0.15, -0.1) is 0 Å². The van der Waals surface area contributed by atoms with Crippen molar-refractivity contribution in [1.29, 1.82) is 0 Å². The van der Waals surface area contributed by atoms with Crippen molar-refractivity contribution in [2.45, 2.75) is 51.5 Å². The topological polar surface area (TPSA) is 201 Å². The van der Waals surface area contributed by atoms with Crippen molar-refractivity contribution in [2.75, 3.05) is 7.11 Å². The molecule has 5 rings (SSSR count). The molecule has 39 heavy (non-hydrogen) atoms. The third kappa shape index (κ3) is 4.13. The van der Waals surface area contributed by atoms with Crippen LogP contribution in [0, 0.1) is 0 Å². The van der Waals surface area contributed by atoms with E-state index in [-0.39, 0.29) is 32.9 Å². The summed E-state index contributed by atoms with van der Waals surface area (Å²) in [5.41, 5.74) is -2.72. The van der Waals surface area contributed by atoms with E-state index < -0.39 is 76.7 Å². The van der Waals surface area contributed by atoms with Crippen LogP contribution >= 0.6 is 0 Å². The Bertz CT molecular complexity index is 1730. The van der Waals surface area contributed by atoms with Crippen molar-refractivity contribution in [3.05, 3.63) is 33.0 Å². The predicted octanol–water partition coefficient (Wildman–Crippen LogP) is 1.26. The van der Waals surface area contributed by atoms with Crippen LogP contribution in [0.15, 0.2) is 30.6 Å². The van der Waals surface area contributed by atoms with Gasteiger partial charge in [0.1, 0.15) is 6.10 Å². The molecule has 0 aliphatic carbocycles. The molecule has 0 radical (unpaired) electrons. The molecule has 14 heteroatoms. The molecule has 2 aromatic heterocycles. The van der Waals surface area contributed by atoms with Gasteiger partial charge in [0.05, 0.1) is 24.0 Å². The maximum atomic E-state index is 13.0. The number of phenols is 2. The van der Waals surface area contributed by atoms with Gasteiger partial charge in [-0.05, 0) is 19.1 Å². The Balaban J connectivity index is 1.75. The first-order valence-electron chi connectivity index (χ1n) is 11.6. The van der Waals surface area contributed by atoms with Gasteiger partial charge in [0.15, 0.2) is 28.8 Å². The lowest BCUT2D eigenvalue weighted by Gasteiger charge is -2.42. The zero-order valence-electron chi connectivity index (χ0n) is 20.9. The van der Waals surface area contributed by atoms with Gasteiger partial charge in [0.25, 0.3) is 0 Å². The Morgan fingerprint density at radius 3 is 2.08 bits per heavy atom. The monoisotopic (exact) mass is 546 g/mol. The highest BCUT2D eigenvalue weighted by Gasteiger charge is 2.49. The van der Waals surface area contributed by atoms with Gasteiger partial charge in [-0.2, -0.15) is 0 Å². The van der Waals surface area contributed by atoms with Gasteiger partial charge in [0.2, 0.25) is 23.9 Å². The predicted molar refractivity (Wildman–Crippen MR) is 129 cm³/mol. The van der Waals surface area contributed by atoms with Gasteiger partial charge < -0.3 is 47.8 Å². The fourth-order valence-corrected chi connectivity index (χ4v) is 4.67. The largest absolute Gasteiger partial charge is 0.504 e. The first-order chi connectivity index (χ1) is 18.4. The molecule has 0 bridgehead atoms. The number of hydrogen-bond acceptors (Lipinski definition) is 14. The SMILES string of the molecule is COc1cc2c(=O)oc3c(O[C@@H]4O[C@@H](C)[C@H](O)[C@@H](OC(C)=O)[C@H]4OC(C)=O)c(O)cc4c(=O)oc(c1O)c2c34. The molecule has 206 valence electrons. The second-order valence-corrected chi connectivity index (χ2v) is 8.90. The summed E-state index contributed by atoms with van der Waals surface area (Å²) in [5, 5.41) is 31.6. The third-order valence-electron chi connectivity index (χ3n) is 6.33. The van der Waals surface area contributed by atoms with Crippen LogP contribution in [0.25, 0.3) is 32.7 Å². The van der Waals surface area contributed by atoms with E-state index in [4.69, 9.17) is 32.5 Å². The standard InChI is InChI=1S/C25H22O14/c1-7-16(29)21(35-8(2)26)22(36-9(3)27)25(34-7)39-18-12(28)5-10-15-14-11(24(32)38-20(15)18)6-13(33-4)17(30)19(14)37-23(10)31/h5-7,16,21-22,25,28-30H,1-4H3/t7-,16-,21+,22+,25-/m0/s1. The highest BCUT2D eigenvalue weighted by molar-refractivity contribution is 6.22. The fourth-order valence-electron chi connectivity index (χ4n) is 4.67. The van der Waals surface area contributed by atoms with Crippen molar-refractivity contribution in [3.8, 4) is 23.0 Å². The second-order valence-electron chi connectivity index (χ2n) is 8.90. The summed E-state index contributed by atoms with van der Waals surface area (Å²) in [6.07, 6.45) is -6.99. The molecule has 0 unspecified atom stereocenters. The summed E-state index contributed by atoms with van der Waals surface area (Å²) in [5.74, 6) is -3.52. The van der Waals surface area contributed by atoms with Crippen LogP contribution in [0.5, 0.6) is 23.0 Å². The second kappa shape index (κ2) is 9.32. The summed E-state index contributed by atoms with van der Waals surface area (Å²) in [4.78, 5) is 49.4. The smallest absolute Gasteiger partial charge is 0.344 e. The number of aliphatic hydroxyl groups excluding tert-OH is 1. The zero-order valence-corrected chi connectivity index (χ0v) is 20.9. The third-order valence-corrected chi connectivity index (χ3v) is 6.33. The van der Waals surface area contributed by atoms with Gasteiger partial charge in [0, 0.05) is 24.6 Å². The van der Waals surface area contributed by atoms with Crippen molar-refractivity contribution >= 4 is 44.6 Å². The van der Waals surface area contributed by atoms with Crippen LogP contribution in [-0.2, 0) is 23.8 Å². The quantitative estimate of drug-likeness (QED) is 0.183. The molecular formula is C25H22O14. The number of methoxy groups -OCH3 is 1. The molecule has 4 aromatic rings. The molecule has 0 amide bonds. The Kier molecular flexibility index (Phi) is 6.23. The summed E-state index contributed by atoms with van der Waals surface area (Å²) in [6.45, 7) is 3.59. The highest BCUT2D eigenvalue weighted by Crippen LogP contribution is 2.46. The number of ether oxygens (including phenoxy) is 5. The van der Waals surface area contributed by atoms with Crippen LogP contribution in [0.4, 0.5) is 0 Å². The fraction of sp³-hybridized carbons (Fsp3) is 0.360. The molecule has 1 fully saturated rings. The van der Waals surface area contributed by atoms with Crippen molar-refractivity contribution in [2.24, 2.45) is 0 Å². The highest BCUT2D eigenvalue weighted by atomic mass is 16.7. The van der Waals surface area contributed by atoms with E-state index in [1.165, 1.54) is 20.1 Å². The number of benzene rings is 2. The maximum absolute atomic E-state index is 13.0. The van der Waals surface area contributed by atoms with E-state index in [0.29, 0.717) is 0 Å². The van der Waals surface area contributed by atoms with Crippen molar-refractivity contribution in [3.63, 3.8) is 0 Å². The molecule has 1 saturated heterocycles. The van der Waals surface area contributed by atoms with Gasteiger partial charge in [-0.1, -0.05) is 0 Å². The van der Waals surface area contributed by atoms with Crippen LogP contribution in [-0.4, -0.2) is 65.1 Å². The average Bonchev–Trinajstić information content (AvgIpc) is 2.86. The summed E-state index contributed by atoms with van der Waals surface area (Å²) >= 11 is 0. The summed E-state index contributed by atoms with van der Waals surface area (Å²) in [6, 6.07) is 2.19. The Morgan fingerprint density at radius 1 is 0.897 bits per heavy atom. The lowest BCUT2D eigenvalue weighted by Crippen LogP contribution is -2.60. The summed E-state index contributed by atoms with van der Waals surface area (Å²) in [7, 11) is 1.24. The number of rotatable bonds is 5. The molecule has 14 nitrogen and oxygen atoms in total. The molecule has 1 aliphatic heterocycles. The molecule has 5 atom stereocenters. The van der Waals surface area contributed by atoms with Crippen LogP contribution in [0.2, 0.25) is 0 Å². The van der Waals surface area contributed by atoms with Crippen LogP contribution in [0.3, 0.4) is 0 Å². The van der Waals surface area contributed by atoms with Gasteiger partial charge in [-0.25, -0.2) is 9.59 Å². The number of carbonyl (C=O) groups excluding carboxylic acids is 2. The van der Waals surface area contributed by atoms with Crippen molar-refractivity contribution in [1.82, 2.24) is 0 Å². The number of carbonyl (C=O) groups is 2. The normalized spacial score (nSPS) is 23.3.